The first-order valence-electron chi connectivity index (χ1n) is 16.6. The number of fused-ring (bicyclic) bond motifs is 3. The average molecular weight is 685 g/mol. The molecule has 1 aliphatic carbocycles. The summed E-state index contributed by atoms with van der Waals surface area (Å²) in [5.41, 5.74) is 1.60. The minimum absolute atomic E-state index is 0.0885. The lowest BCUT2D eigenvalue weighted by atomic mass is 9.70. The van der Waals surface area contributed by atoms with E-state index in [4.69, 9.17) is 25.8 Å². The Hall–Kier alpha value is -3.12. The van der Waals surface area contributed by atoms with Crippen molar-refractivity contribution in [3.8, 4) is 5.75 Å². The molecule has 1 saturated carbocycles. The number of aryl methyl sites for hydroxylation is 1. The number of anilines is 1. The summed E-state index contributed by atoms with van der Waals surface area (Å²) in [6.45, 7) is 6.29. The second-order valence-electron chi connectivity index (χ2n) is 13.4. The average Bonchev–Trinajstić information content (AvgIpc) is 3.02. The maximum Gasteiger partial charge on any atom is 0.330 e. The molecule has 2 aromatic carbocycles. The Morgan fingerprint density at radius 3 is 2.64 bits per heavy atom. The standard InChI is InChI=1S/C35H45ClN4O6S/c1-35(2)33(41)37-47(43,38-34(42)39-17-7-18-39)28-13-15-32-30(21-28)40(22-25-11-14-29(25)31(44-3)9-6-19-46-35)16-5-4-8-24-20-27(36)12-10-26(24)23-45-32/h6,9-10,12-13,15,20-21,25,29,31H,4-5,7-8,11,14,16-19,22-23H2,1-3H3,(H,37,38,41,42,43)/b9-6+/t25-,29+,31-,47-/m0/s1. The lowest BCUT2D eigenvalue weighted by Gasteiger charge is -2.43. The fourth-order valence-electron chi connectivity index (χ4n) is 6.59. The van der Waals surface area contributed by atoms with Gasteiger partial charge in [-0.2, -0.15) is 0 Å². The van der Waals surface area contributed by atoms with Gasteiger partial charge < -0.3 is 24.0 Å². The number of amides is 3. The Kier molecular flexibility index (Phi) is 10.2. The molecule has 0 radical (unpaired) electrons. The molecule has 2 bridgehead atoms. The summed E-state index contributed by atoms with van der Waals surface area (Å²) in [5, 5.41) is 0.703. The zero-order valence-corrected chi connectivity index (χ0v) is 29.0. The fourth-order valence-corrected chi connectivity index (χ4v) is 8.40. The Morgan fingerprint density at radius 2 is 1.91 bits per heavy atom. The van der Waals surface area contributed by atoms with Crippen LogP contribution in [0.4, 0.5) is 10.5 Å². The molecule has 12 heteroatoms. The molecule has 2 aromatic rings. The van der Waals surface area contributed by atoms with E-state index in [1.54, 1.807) is 44.1 Å². The van der Waals surface area contributed by atoms with Crippen LogP contribution in [-0.4, -0.2) is 72.6 Å². The minimum Gasteiger partial charge on any atom is -0.487 e. The lowest BCUT2D eigenvalue weighted by Crippen LogP contribution is -2.49. The predicted molar refractivity (Wildman–Crippen MR) is 182 cm³/mol. The van der Waals surface area contributed by atoms with Crippen LogP contribution in [0.5, 0.6) is 5.75 Å². The molecular weight excluding hydrogens is 640 g/mol. The van der Waals surface area contributed by atoms with Crippen LogP contribution >= 0.6 is 11.6 Å². The summed E-state index contributed by atoms with van der Waals surface area (Å²) in [6, 6.07) is 10.6. The van der Waals surface area contributed by atoms with Gasteiger partial charge in [0, 0.05) is 38.3 Å². The SMILES string of the molecule is CO[C@H]1/C=C/COC(C)(C)C(=O)N=[S@](=O)(NC(=O)N2CCC2)c2ccc3c(c2)N(CCCCc2cc(Cl)ccc2CO3)C[C@@H]2CC[C@H]21. The van der Waals surface area contributed by atoms with Gasteiger partial charge in [0.1, 0.15) is 18.0 Å². The Balaban J connectivity index is 1.47. The number of carbonyl (C=O) groups excluding carboxylic acids is 2. The van der Waals surface area contributed by atoms with E-state index < -0.39 is 27.5 Å². The van der Waals surface area contributed by atoms with Crippen molar-refractivity contribution in [3.63, 3.8) is 0 Å². The molecule has 1 saturated heterocycles. The first-order chi connectivity index (χ1) is 22.6. The van der Waals surface area contributed by atoms with E-state index in [-0.39, 0.29) is 17.6 Å². The summed E-state index contributed by atoms with van der Waals surface area (Å²) in [7, 11) is -2.03. The van der Waals surface area contributed by atoms with Crippen molar-refractivity contribution in [2.24, 2.45) is 16.2 Å². The Bertz CT molecular complexity index is 1650. The molecule has 6 rings (SSSR count). The molecule has 3 heterocycles. The highest BCUT2D eigenvalue weighted by Crippen LogP contribution is 2.42. The molecule has 10 nitrogen and oxygen atoms in total. The smallest absolute Gasteiger partial charge is 0.330 e. The van der Waals surface area contributed by atoms with Crippen LogP contribution in [0.3, 0.4) is 0 Å². The summed E-state index contributed by atoms with van der Waals surface area (Å²) >= 11 is 6.36. The monoisotopic (exact) mass is 684 g/mol. The van der Waals surface area contributed by atoms with E-state index in [1.807, 2.05) is 30.4 Å². The number of rotatable bonds is 2. The van der Waals surface area contributed by atoms with Gasteiger partial charge >= 0.3 is 6.03 Å². The molecule has 0 aromatic heterocycles. The predicted octanol–water partition coefficient (Wildman–Crippen LogP) is 6.15. The molecule has 1 N–H and O–H groups in total. The van der Waals surface area contributed by atoms with Crippen LogP contribution < -0.4 is 14.4 Å². The Labute approximate surface area is 283 Å². The number of hydrogen-bond donors (Lipinski definition) is 1. The van der Waals surface area contributed by atoms with Gasteiger partial charge in [-0.05, 0) is 106 Å². The summed E-state index contributed by atoms with van der Waals surface area (Å²) in [4.78, 5) is 30.9. The number of methoxy groups -OCH3 is 1. The van der Waals surface area contributed by atoms with Crippen molar-refractivity contribution in [2.75, 3.05) is 44.8 Å². The largest absolute Gasteiger partial charge is 0.487 e. The molecule has 0 spiro atoms. The first-order valence-corrected chi connectivity index (χ1v) is 18.5. The number of urea groups is 1. The quantitative estimate of drug-likeness (QED) is 0.378. The van der Waals surface area contributed by atoms with E-state index in [2.05, 4.69) is 14.0 Å². The van der Waals surface area contributed by atoms with Crippen molar-refractivity contribution in [3.05, 3.63) is 64.7 Å². The highest BCUT2D eigenvalue weighted by molar-refractivity contribution is 7.92. The molecule has 254 valence electrons. The summed E-state index contributed by atoms with van der Waals surface area (Å²) < 4.78 is 40.1. The third-order valence-electron chi connectivity index (χ3n) is 9.85. The van der Waals surface area contributed by atoms with Crippen LogP contribution in [0, 0.1) is 11.8 Å². The number of hydrogen-bond acceptors (Lipinski definition) is 7. The van der Waals surface area contributed by atoms with Crippen LogP contribution in [0.15, 0.2) is 57.8 Å². The zero-order chi connectivity index (χ0) is 33.2. The highest BCUT2D eigenvalue weighted by Gasteiger charge is 2.38. The van der Waals surface area contributed by atoms with Gasteiger partial charge in [0.25, 0.3) is 5.91 Å². The van der Waals surface area contributed by atoms with Gasteiger partial charge in [-0.25, -0.2) is 13.7 Å². The maximum absolute atomic E-state index is 14.8. The van der Waals surface area contributed by atoms with Crippen molar-refractivity contribution < 1.29 is 28.0 Å². The molecule has 3 amide bonds. The second-order valence-corrected chi connectivity index (χ2v) is 15.7. The molecule has 4 aliphatic rings. The number of benzene rings is 2. The number of likely N-dealkylation sites (tertiary alicyclic amines) is 1. The van der Waals surface area contributed by atoms with Crippen molar-refractivity contribution in [1.29, 1.82) is 0 Å². The minimum atomic E-state index is -3.76. The van der Waals surface area contributed by atoms with Crippen LogP contribution in [0.1, 0.15) is 57.1 Å². The van der Waals surface area contributed by atoms with E-state index in [0.717, 1.165) is 62.9 Å². The molecular formula is C35H45ClN4O6S. The topological polar surface area (TPSA) is 110 Å². The maximum atomic E-state index is 14.8. The summed E-state index contributed by atoms with van der Waals surface area (Å²) in [6.07, 6.45) is 9.52. The van der Waals surface area contributed by atoms with E-state index in [0.29, 0.717) is 42.3 Å². The van der Waals surface area contributed by atoms with Crippen LogP contribution in [0.2, 0.25) is 5.02 Å². The molecule has 3 aliphatic heterocycles. The highest BCUT2D eigenvalue weighted by atomic mass is 35.5. The first kappa shape index (κ1) is 33.8. The number of nitrogens with one attached hydrogen (secondary N) is 1. The lowest BCUT2D eigenvalue weighted by molar-refractivity contribution is -0.137. The van der Waals surface area contributed by atoms with E-state index in [9.17, 15) is 13.8 Å². The fraction of sp³-hybridized carbons (Fsp3) is 0.543. The van der Waals surface area contributed by atoms with Crippen molar-refractivity contribution in [2.45, 2.75) is 75.6 Å². The van der Waals surface area contributed by atoms with E-state index >= 15 is 0 Å². The third kappa shape index (κ3) is 7.48. The number of halogens is 1. The van der Waals surface area contributed by atoms with Crippen LogP contribution in [0.25, 0.3) is 0 Å². The normalized spacial score (nSPS) is 28.5. The Morgan fingerprint density at radius 1 is 1.09 bits per heavy atom. The number of nitrogens with zero attached hydrogens (tertiary/aromatic N) is 3. The number of ether oxygens (including phenoxy) is 3. The molecule has 0 unspecified atom stereocenters. The van der Waals surface area contributed by atoms with Gasteiger partial charge in [0.15, 0.2) is 9.92 Å². The molecule has 4 atom stereocenters. The third-order valence-corrected chi connectivity index (χ3v) is 11.9. The molecule has 2 fully saturated rings. The van der Waals surface area contributed by atoms with Crippen molar-refractivity contribution in [1.82, 2.24) is 9.62 Å². The van der Waals surface area contributed by atoms with E-state index in [1.165, 1.54) is 5.56 Å². The van der Waals surface area contributed by atoms with Crippen molar-refractivity contribution >= 4 is 39.1 Å². The van der Waals surface area contributed by atoms with Crippen LogP contribution in [-0.2, 0) is 37.2 Å². The van der Waals surface area contributed by atoms with Gasteiger partial charge in [0.05, 0.1) is 23.3 Å². The zero-order valence-electron chi connectivity index (χ0n) is 27.4. The molecule has 47 heavy (non-hydrogen) atoms. The number of carbonyl (C=O) groups is 2. The van der Waals surface area contributed by atoms with Gasteiger partial charge in [-0.3, -0.25) is 4.79 Å². The summed E-state index contributed by atoms with van der Waals surface area (Å²) in [5.74, 6) is 0.567. The second kappa shape index (κ2) is 14.2. The van der Waals surface area contributed by atoms with Gasteiger partial charge in [0.2, 0.25) is 0 Å². The van der Waals surface area contributed by atoms with Gasteiger partial charge in [-0.1, -0.05) is 29.8 Å². The van der Waals surface area contributed by atoms with Gasteiger partial charge in [-0.15, -0.1) is 4.36 Å².